The molecular weight excluding hydrogens is 218 g/mol. The molecule has 1 aromatic heterocycles. The van der Waals surface area contributed by atoms with Crippen molar-refractivity contribution in [3.63, 3.8) is 0 Å². The molecular formula is C12H13N3O2. The van der Waals surface area contributed by atoms with Crippen molar-refractivity contribution in [1.82, 2.24) is 15.0 Å². The lowest BCUT2D eigenvalue weighted by molar-refractivity contribution is -0.138. The lowest BCUT2D eigenvalue weighted by atomic mass is 10.1. The zero-order valence-electron chi connectivity index (χ0n) is 9.66. The third-order valence-corrected chi connectivity index (χ3v) is 2.64. The van der Waals surface area contributed by atoms with Crippen LogP contribution in [0.25, 0.3) is 5.69 Å². The van der Waals surface area contributed by atoms with E-state index in [2.05, 4.69) is 10.3 Å². The Bertz CT molecular complexity index is 548. The Morgan fingerprint density at radius 3 is 2.88 bits per heavy atom. The predicted octanol–water partition coefficient (Wildman–Crippen LogP) is 1.76. The summed E-state index contributed by atoms with van der Waals surface area (Å²) in [5.74, 6) is -1.52. The number of hydrogen-bond donors (Lipinski definition) is 1. The van der Waals surface area contributed by atoms with Gasteiger partial charge in [-0.3, -0.25) is 4.79 Å². The monoisotopic (exact) mass is 231 g/mol. The van der Waals surface area contributed by atoms with Crippen LogP contribution in [-0.2, 0) is 4.79 Å². The van der Waals surface area contributed by atoms with Gasteiger partial charge >= 0.3 is 5.97 Å². The molecule has 5 heteroatoms. The first-order valence-corrected chi connectivity index (χ1v) is 5.30. The Kier molecular flexibility index (Phi) is 2.91. The highest BCUT2D eigenvalue weighted by atomic mass is 16.4. The summed E-state index contributed by atoms with van der Waals surface area (Å²) in [4.78, 5) is 11.0. The lowest BCUT2D eigenvalue weighted by Crippen LogP contribution is -2.13. The molecule has 0 aliphatic carbocycles. The molecule has 1 N–H and O–H groups in total. The Balaban J connectivity index is 2.47. The standard InChI is InChI=1S/C12H13N3O2/c1-8-4-3-5-10(6-8)15-11(7-13-14-15)9(2)12(16)17/h3-7,9H,1-2H3,(H,16,17). The minimum Gasteiger partial charge on any atom is -0.481 e. The van der Waals surface area contributed by atoms with Crippen molar-refractivity contribution in [1.29, 1.82) is 0 Å². The molecule has 5 nitrogen and oxygen atoms in total. The second kappa shape index (κ2) is 4.37. The third-order valence-electron chi connectivity index (χ3n) is 2.64. The van der Waals surface area contributed by atoms with Crippen LogP contribution < -0.4 is 0 Å². The molecule has 0 spiro atoms. The van der Waals surface area contributed by atoms with Crippen molar-refractivity contribution in [3.8, 4) is 5.69 Å². The van der Waals surface area contributed by atoms with Crippen LogP contribution in [0.3, 0.4) is 0 Å². The maximum Gasteiger partial charge on any atom is 0.312 e. The number of aliphatic carboxylic acids is 1. The van der Waals surface area contributed by atoms with Gasteiger partial charge in [0.1, 0.15) is 0 Å². The zero-order valence-corrected chi connectivity index (χ0v) is 9.66. The van der Waals surface area contributed by atoms with E-state index in [1.165, 1.54) is 6.20 Å². The maximum atomic E-state index is 11.0. The van der Waals surface area contributed by atoms with E-state index in [4.69, 9.17) is 5.11 Å². The fourth-order valence-corrected chi connectivity index (χ4v) is 1.63. The number of aryl methyl sites for hydroxylation is 1. The number of carboxylic acid groups (broad SMARTS) is 1. The number of nitrogens with zero attached hydrogens (tertiary/aromatic N) is 3. The largest absolute Gasteiger partial charge is 0.481 e. The minimum atomic E-state index is -0.888. The van der Waals surface area contributed by atoms with Crippen LogP contribution >= 0.6 is 0 Å². The highest BCUT2D eigenvalue weighted by molar-refractivity contribution is 5.75. The van der Waals surface area contributed by atoms with Crippen molar-refractivity contribution < 1.29 is 9.90 Å². The van der Waals surface area contributed by atoms with Gasteiger partial charge in [-0.1, -0.05) is 17.3 Å². The normalized spacial score (nSPS) is 12.4. The number of benzene rings is 1. The van der Waals surface area contributed by atoms with E-state index in [9.17, 15) is 4.79 Å². The van der Waals surface area contributed by atoms with Gasteiger partial charge in [0.25, 0.3) is 0 Å². The first kappa shape index (κ1) is 11.3. The van der Waals surface area contributed by atoms with Crippen LogP contribution in [0.2, 0.25) is 0 Å². The van der Waals surface area contributed by atoms with Gasteiger partial charge in [0, 0.05) is 0 Å². The number of rotatable bonds is 3. The Morgan fingerprint density at radius 1 is 1.47 bits per heavy atom. The second-order valence-corrected chi connectivity index (χ2v) is 3.97. The smallest absolute Gasteiger partial charge is 0.312 e. The summed E-state index contributed by atoms with van der Waals surface area (Å²) in [5, 5.41) is 16.7. The van der Waals surface area contributed by atoms with E-state index in [0.717, 1.165) is 11.3 Å². The molecule has 0 aliphatic heterocycles. The molecule has 0 saturated heterocycles. The Morgan fingerprint density at radius 2 is 2.24 bits per heavy atom. The molecule has 1 unspecified atom stereocenters. The van der Waals surface area contributed by atoms with E-state index in [-0.39, 0.29) is 0 Å². The van der Waals surface area contributed by atoms with Gasteiger partial charge in [-0.25, -0.2) is 4.68 Å². The van der Waals surface area contributed by atoms with E-state index < -0.39 is 11.9 Å². The van der Waals surface area contributed by atoms with Crippen LogP contribution in [0.1, 0.15) is 24.1 Å². The lowest BCUT2D eigenvalue weighted by Gasteiger charge is -2.09. The number of aromatic nitrogens is 3. The maximum absolute atomic E-state index is 11.0. The summed E-state index contributed by atoms with van der Waals surface area (Å²) in [6, 6.07) is 7.69. The van der Waals surface area contributed by atoms with Crippen LogP contribution in [0.4, 0.5) is 0 Å². The molecule has 2 aromatic rings. The summed E-state index contributed by atoms with van der Waals surface area (Å²) in [6.45, 7) is 3.59. The Hall–Kier alpha value is -2.17. The predicted molar refractivity (Wildman–Crippen MR) is 62.1 cm³/mol. The molecule has 1 aromatic carbocycles. The SMILES string of the molecule is Cc1cccc(-n2nncc2C(C)C(=O)O)c1. The first-order chi connectivity index (χ1) is 8.09. The van der Waals surface area contributed by atoms with Gasteiger partial charge in [-0.2, -0.15) is 0 Å². The molecule has 2 rings (SSSR count). The molecule has 0 bridgehead atoms. The van der Waals surface area contributed by atoms with E-state index in [1.54, 1.807) is 11.6 Å². The van der Waals surface area contributed by atoms with Gasteiger partial charge in [0.15, 0.2) is 0 Å². The molecule has 0 radical (unpaired) electrons. The van der Waals surface area contributed by atoms with Crippen molar-refractivity contribution >= 4 is 5.97 Å². The average Bonchev–Trinajstić information content (AvgIpc) is 2.76. The zero-order chi connectivity index (χ0) is 12.4. The van der Waals surface area contributed by atoms with E-state index >= 15 is 0 Å². The number of carboxylic acids is 1. The van der Waals surface area contributed by atoms with Gasteiger partial charge in [0.05, 0.1) is 23.5 Å². The second-order valence-electron chi connectivity index (χ2n) is 3.97. The van der Waals surface area contributed by atoms with Crippen molar-refractivity contribution in [2.75, 3.05) is 0 Å². The fraction of sp³-hybridized carbons (Fsp3) is 0.250. The van der Waals surface area contributed by atoms with Crippen molar-refractivity contribution in [2.45, 2.75) is 19.8 Å². The number of hydrogen-bond acceptors (Lipinski definition) is 3. The molecule has 0 amide bonds. The van der Waals surface area contributed by atoms with E-state index in [1.807, 2.05) is 31.2 Å². The molecule has 1 atom stereocenters. The summed E-state index contributed by atoms with van der Waals surface area (Å²) < 4.78 is 1.56. The molecule has 0 saturated carbocycles. The van der Waals surface area contributed by atoms with Crippen molar-refractivity contribution in [2.24, 2.45) is 0 Å². The highest BCUT2D eigenvalue weighted by Gasteiger charge is 2.19. The fourth-order valence-electron chi connectivity index (χ4n) is 1.63. The average molecular weight is 231 g/mol. The third kappa shape index (κ3) is 2.18. The summed E-state index contributed by atoms with van der Waals surface area (Å²) >= 11 is 0. The molecule has 88 valence electrons. The molecule has 17 heavy (non-hydrogen) atoms. The van der Waals surface area contributed by atoms with Crippen LogP contribution in [0.15, 0.2) is 30.5 Å². The highest BCUT2D eigenvalue weighted by Crippen LogP contribution is 2.18. The molecule has 0 aliphatic rings. The summed E-state index contributed by atoms with van der Waals surface area (Å²) in [5.41, 5.74) is 2.49. The van der Waals surface area contributed by atoms with Gasteiger partial charge in [-0.15, -0.1) is 5.10 Å². The first-order valence-electron chi connectivity index (χ1n) is 5.30. The topological polar surface area (TPSA) is 68.0 Å². The summed E-state index contributed by atoms with van der Waals surface area (Å²) in [6.07, 6.45) is 1.49. The van der Waals surface area contributed by atoms with Crippen LogP contribution in [0, 0.1) is 6.92 Å². The summed E-state index contributed by atoms with van der Waals surface area (Å²) in [7, 11) is 0. The van der Waals surface area contributed by atoms with Gasteiger partial charge in [0.2, 0.25) is 0 Å². The van der Waals surface area contributed by atoms with Crippen molar-refractivity contribution in [3.05, 3.63) is 41.7 Å². The van der Waals surface area contributed by atoms with Crippen LogP contribution in [0.5, 0.6) is 0 Å². The quantitative estimate of drug-likeness (QED) is 0.874. The molecule has 1 heterocycles. The minimum absolute atomic E-state index is 0.572. The van der Waals surface area contributed by atoms with Crippen LogP contribution in [-0.4, -0.2) is 26.1 Å². The molecule has 0 fully saturated rings. The van der Waals surface area contributed by atoms with Gasteiger partial charge in [-0.05, 0) is 31.5 Å². The van der Waals surface area contributed by atoms with E-state index in [0.29, 0.717) is 5.69 Å². The number of carbonyl (C=O) groups is 1. The Labute approximate surface area is 98.7 Å². The van der Waals surface area contributed by atoms with Gasteiger partial charge < -0.3 is 5.11 Å².